The Morgan fingerprint density at radius 3 is 2.50 bits per heavy atom. The van der Waals surface area contributed by atoms with Crippen molar-refractivity contribution in [2.24, 2.45) is 0 Å². The molecular formula is C21H23N3O2. The molecule has 2 N–H and O–H groups in total. The molecular weight excluding hydrogens is 326 g/mol. The number of carbonyl (C=O) groups is 1. The van der Waals surface area contributed by atoms with E-state index >= 15 is 0 Å². The van der Waals surface area contributed by atoms with Crippen LogP contribution < -0.4 is 4.90 Å². The van der Waals surface area contributed by atoms with Crippen LogP contribution in [-0.2, 0) is 4.79 Å². The van der Waals surface area contributed by atoms with Crippen LogP contribution in [0.5, 0.6) is 0 Å². The first-order valence-electron chi connectivity index (χ1n) is 8.98. The Hall–Kier alpha value is -2.79. The van der Waals surface area contributed by atoms with E-state index < -0.39 is 12.0 Å². The van der Waals surface area contributed by atoms with E-state index in [4.69, 9.17) is 0 Å². The number of para-hydroxylation sites is 1. The first kappa shape index (κ1) is 16.7. The van der Waals surface area contributed by atoms with Crippen LogP contribution in [0.3, 0.4) is 0 Å². The van der Waals surface area contributed by atoms with Crippen molar-refractivity contribution in [3.05, 3.63) is 65.9 Å². The fraction of sp³-hybridized carbons (Fsp3) is 0.286. The lowest BCUT2D eigenvalue weighted by molar-refractivity contribution is -0.143. The zero-order chi connectivity index (χ0) is 18.1. The number of rotatable bonds is 4. The van der Waals surface area contributed by atoms with Crippen LogP contribution in [0.2, 0.25) is 0 Å². The van der Waals surface area contributed by atoms with Crippen LogP contribution >= 0.6 is 0 Å². The van der Waals surface area contributed by atoms with Gasteiger partial charge in [0.05, 0.1) is 0 Å². The second-order valence-corrected chi connectivity index (χ2v) is 6.89. The van der Waals surface area contributed by atoms with Crippen molar-refractivity contribution >= 4 is 22.6 Å². The number of anilines is 1. The highest BCUT2D eigenvalue weighted by Gasteiger charge is 2.32. The maximum atomic E-state index is 12.1. The Bertz CT molecular complexity index is 911. The predicted molar refractivity (Wildman–Crippen MR) is 104 cm³/mol. The number of aliphatic carboxylic acids is 1. The van der Waals surface area contributed by atoms with Crippen LogP contribution in [0, 0.1) is 6.92 Å². The number of aromatic nitrogens is 1. The van der Waals surface area contributed by atoms with Crippen molar-refractivity contribution in [3.8, 4) is 0 Å². The third-order valence-corrected chi connectivity index (χ3v) is 5.20. The minimum absolute atomic E-state index is 0.622. The zero-order valence-electron chi connectivity index (χ0n) is 14.9. The SMILES string of the molecule is Cc1ccc2[nH]cc([C@H](C(=O)O)N3CCN(c4ccccc4)CC3)c2c1. The van der Waals surface area contributed by atoms with Crippen molar-refractivity contribution in [1.82, 2.24) is 9.88 Å². The number of aryl methyl sites for hydroxylation is 1. The molecule has 1 saturated heterocycles. The molecule has 0 spiro atoms. The maximum absolute atomic E-state index is 12.1. The number of nitrogens with one attached hydrogen (secondary N) is 1. The molecule has 0 bridgehead atoms. The second kappa shape index (κ2) is 6.84. The maximum Gasteiger partial charge on any atom is 0.325 e. The van der Waals surface area contributed by atoms with Gasteiger partial charge < -0.3 is 15.0 Å². The molecule has 5 heteroatoms. The van der Waals surface area contributed by atoms with Crippen LogP contribution in [-0.4, -0.2) is 47.1 Å². The minimum atomic E-state index is -0.791. The van der Waals surface area contributed by atoms with E-state index in [9.17, 15) is 9.90 Å². The zero-order valence-corrected chi connectivity index (χ0v) is 14.9. The molecule has 2 aromatic carbocycles. The van der Waals surface area contributed by atoms with Gasteiger partial charge in [0.15, 0.2) is 0 Å². The van der Waals surface area contributed by atoms with Crippen molar-refractivity contribution in [2.75, 3.05) is 31.1 Å². The van der Waals surface area contributed by atoms with E-state index in [-0.39, 0.29) is 0 Å². The third kappa shape index (κ3) is 3.06. The standard InChI is InChI=1S/C21H23N3O2/c1-15-7-8-19-17(13-15)18(14-22-19)20(21(25)26)24-11-9-23(10-12-24)16-5-3-2-4-6-16/h2-8,13-14,20,22H,9-12H2,1H3,(H,25,26)/t20-/m1/s1. The number of benzene rings is 2. The van der Waals surface area contributed by atoms with E-state index in [0.717, 1.165) is 48.2 Å². The summed E-state index contributed by atoms with van der Waals surface area (Å²) in [4.78, 5) is 19.7. The fourth-order valence-electron chi connectivity index (χ4n) is 3.85. The van der Waals surface area contributed by atoms with Crippen LogP contribution in [0.15, 0.2) is 54.7 Å². The van der Waals surface area contributed by atoms with Gasteiger partial charge in [-0.2, -0.15) is 0 Å². The lowest BCUT2D eigenvalue weighted by Crippen LogP contribution is -2.49. The van der Waals surface area contributed by atoms with E-state index in [0.29, 0.717) is 0 Å². The molecule has 0 unspecified atom stereocenters. The molecule has 1 aliphatic rings. The highest BCUT2D eigenvalue weighted by molar-refractivity contribution is 5.89. The summed E-state index contributed by atoms with van der Waals surface area (Å²) in [6.07, 6.45) is 1.85. The molecule has 134 valence electrons. The Morgan fingerprint density at radius 1 is 1.08 bits per heavy atom. The second-order valence-electron chi connectivity index (χ2n) is 6.89. The molecule has 2 heterocycles. The summed E-state index contributed by atoms with van der Waals surface area (Å²) in [5.74, 6) is -0.791. The van der Waals surface area contributed by atoms with Gasteiger partial charge in [0.1, 0.15) is 6.04 Å². The molecule has 0 aliphatic carbocycles. The summed E-state index contributed by atoms with van der Waals surface area (Å²) in [5.41, 5.74) is 4.17. The number of carboxylic acids is 1. The highest BCUT2D eigenvalue weighted by Crippen LogP contribution is 2.30. The number of fused-ring (bicyclic) bond motifs is 1. The van der Waals surface area contributed by atoms with Crippen LogP contribution in [0.1, 0.15) is 17.2 Å². The number of H-pyrrole nitrogens is 1. The number of hydrogen-bond acceptors (Lipinski definition) is 3. The Kier molecular flexibility index (Phi) is 4.39. The lowest BCUT2D eigenvalue weighted by Gasteiger charge is -2.38. The molecule has 1 aromatic heterocycles. The molecule has 0 saturated carbocycles. The molecule has 0 radical (unpaired) electrons. The number of nitrogens with zero attached hydrogens (tertiary/aromatic N) is 2. The van der Waals surface area contributed by atoms with Gasteiger partial charge in [-0.25, -0.2) is 0 Å². The van der Waals surface area contributed by atoms with Crippen LogP contribution in [0.4, 0.5) is 5.69 Å². The van der Waals surface area contributed by atoms with E-state index in [1.165, 1.54) is 5.69 Å². The Labute approximate surface area is 152 Å². The first-order chi connectivity index (χ1) is 12.6. The molecule has 3 aromatic rings. The molecule has 0 amide bonds. The fourth-order valence-corrected chi connectivity index (χ4v) is 3.85. The Balaban J connectivity index is 1.58. The number of carboxylic acid groups (broad SMARTS) is 1. The van der Waals surface area contributed by atoms with Gasteiger partial charge in [0.25, 0.3) is 0 Å². The number of piperazine rings is 1. The summed E-state index contributed by atoms with van der Waals surface area (Å²) < 4.78 is 0. The number of hydrogen-bond donors (Lipinski definition) is 2. The molecule has 5 nitrogen and oxygen atoms in total. The van der Waals surface area contributed by atoms with Crippen molar-refractivity contribution in [1.29, 1.82) is 0 Å². The molecule has 1 aliphatic heterocycles. The topological polar surface area (TPSA) is 59.6 Å². The summed E-state index contributed by atoms with van der Waals surface area (Å²) >= 11 is 0. The predicted octanol–water partition coefficient (Wildman–Crippen LogP) is 3.42. The number of aromatic amines is 1. The average molecular weight is 349 g/mol. The van der Waals surface area contributed by atoms with Gasteiger partial charge in [0, 0.05) is 54.5 Å². The summed E-state index contributed by atoms with van der Waals surface area (Å²) in [6.45, 7) is 5.14. The smallest absolute Gasteiger partial charge is 0.325 e. The van der Waals surface area contributed by atoms with Crippen molar-refractivity contribution in [3.63, 3.8) is 0 Å². The van der Waals surface area contributed by atoms with Gasteiger partial charge >= 0.3 is 5.97 Å². The largest absolute Gasteiger partial charge is 0.480 e. The van der Waals surface area contributed by atoms with Gasteiger partial charge in [-0.3, -0.25) is 9.69 Å². The molecule has 1 fully saturated rings. The summed E-state index contributed by atoms with van der Waals surface area (Å²) in [6, 6.07) is 15.8. The lowest BCUT2D eigenvalue weighted by atomic mass is 10.0. The van der Waals surface area contributed by atoms with Crippen molar-refractivity contribution in [2.45, 2.75) is 13.0 Å². The first-order valence-corrected chi connectivity index (χ1v) is 8.98. The van der Waals surface area contributed by atoms with E-state index in [1.807, 2.05) is 43.5 Å². The summed E-state index contributed by atoms with van der Waals surface area (Å²) in [7, 11) is 0. The highest BCUT2D eigenvalue weighted by atomic mass is 16.4. The van der Waals surface area contributed by atoms with Gasteiger partial charge in [-0.1, -0.05) is 29.8 Å². The van der Waals surface area contributed by atoms with Gasteiger partial charge in [-0.15, -0.1) is 0 Å². The van der Waals surface area contributed by atoms with E-state index in [2.05, 4.69) is 33.0 Å². The van der Waals surface area contributed by atoms with E-state index in [1.54, 1.807) is 0 Å². The van der Waals surface area contributed by atoms with Gasteiger partial charge in [0.2, 0.25) is 0 Å². The Morgan fingerprint density at radius 2 is 1.81 bits per heavy atom. The normalized spacial score (nSPS) is 16.7. The third-order valence-electron chi connectivity index (χ3n) is 5.20. The quantitative estimate of drug-likeness (QED) is 0.758. The van der Waals surface area contributed by atoms with Crippen molar-refractivity contribution < 1.29 is 9.90 Å². The monoisotopic (exact) mass is 349 g/mol. The van der Waals surface area contributed by atoms with Gasteiger partial charge in [-0.05, 0) is 31.2 Å². The summed E-state index contributed by atoms with van der Waals surface area (Å²) in [5, 5.41) is 10.9. The molecule has 26 heavy (non-hydrogen) atoms. The minimum Gasteiger partial charge on any atom is -0.480 e. The average Bonchev–Trinajstić information content (AvgIpc) is 3.06. The van der Waals surface area contributed by atoms with Crippen LogP contribution in [0.25, 0.3) is 10.9 Å². The molecule has 4 rings (SSSR count). The molecule has 1 atom stereocenters.